The lowest BCUT2D eigenvalue weighted by molar-refractivity contribution is -0.384. The Balaban J connectivity index is 1.99. The summed E-state index contributed by atoms with van der Waals surface area (Å²) in [6, 6.07) is 6.76. The molecule has 0 saturated carbocycles. The van der Waals surface area contributed by atoms with E-state index in [9.17, 15) is 14.9 Å². The summed E-state index contributed by atoms with van der Waals surface area (Å²) in [5, 5.41) is 19.5. The van der Waals surface area contributed by atoms with Crippen LogP contribution >= 0.6 is 0 Å². The van der Waals surface area contributed by atoms with Gasteiger partial charge < -0.3 is 5.32 Å². The van der Waals surface area contributed by atoms with E-state index in [0.29, 0.717) is 11.5 Å². The van der Waals surface area contributed by atoms with E-state index in [2.05, 4.69) is 15.7 Å². The van der Waals surface area contributed by atoms with Crippen LogP contribution in [0.1, 0.15) is 0 Å². The maximum Gasteiger partial charge on any atom is 0.324 e. The number of nitrogens with one attached hydrogen (secondary N) is 2. The average molecular weight is 261 g/mol. The van der Waals surface area contributed by atoms with E-state index in [1.54, 1.807) is 19.3 Å². The van der Waals surface area contributed by atoms with Crippen molar-refractivity contribution < 1.29 is 9.72 Å². The van der Waals surface area contributed by atoms with Gasteiger partial charge in [-0.3, -0.25) is 20.1 Å². The Kier molecular flexibility index (Phi) is 3.42. The van der Waals surface area contributed by atoms with Crippen molar-refractivity contribution in [2.75, 3.05) is 10.6 Å². The van der Waals surface area contributed by atoms with E-state index in [4.69, 9.17) is 0 Å². The maximum atomic E-state index is 11.7. The van der Waals surface area contributed by atoms with Crippen LogP contribution in [0.25, 0.3) is 0 Å². The lowest BCUT2D eigenvalue weighted by atomic mass is 10.3. The number of carbonyl (C=O) groups excluding carboxylic acids is 1. The first-order chi connectivity index (χ1) is 9.06. The number of urea groups is 1. The molecule has 0 aliphatic carbocycles. The quantitative estimate of drug-likeness (QED) is 0.651. The number of rotatable bonds is 3. The van der Waals surface area contributed by atoms with Crippen LogP contribution in [0, 0.1) is 10.1 Å². The molecular weight excluding hydrogens is 250 g/mol. The number of nitro benzene ring substituents is 1. The van der Waals surface area contributed by atoms with Gasteiger partial charge in [0.2, 0.25) is 0 Å². The molecule has 2 amide bonds. The number of hydrogen-bond donors (Lipinski definition) is 2. The van der Waals surface area contributed by atoms with E-state index in [-0.39, 0.29) is 5.69 Å². The molecule has 0 fully saturated rings. The maximum absolute atomic E-state index is 11.7. The minimum Gasteiger partial charge on any atom is -0.308 e. The van der Waals surface area contributed by atoms with E-state index in [1.165, 1.54) is 28.9 Å². The zero-order valence-corrected chi connectivity index (χ0v) is 10.0. The molecule has 2 rings (SSSR count). The molecule has 1 heterocycles. The van der Waals surface area contributed by atoms with Gasteiger partial charge in [-0.1, -0.05) is 0 Å². The molecule has 0 bridgehead atoms. The van der Waals surface area contributed by atoms with Crippen LogP contribution in [0.4, 0.5) is 22.0 Å². The zero-order valence-electron chi connectivity index (χ0n) is 10.0. The first-order valence-corrected chi connectivity index (χ1v) is 5.37. The summed E-state index contributed by atoms with van der Waals surface area (Å²) in [5.74, 6) is 0.541. The summed E-state index contributed by atoms with van der Waals surface area (Å²) in [6.45, 7) is 0. The standard InChI is InChI=1S/C11H11N5O3/c1-15-10(6-7-12-15)14-11(17)13-8-2-4-9(5-3-8)16(18)19/h2-7H,1H3,(H2,13,14,17). The number of hydrogen-bond acceptors (Lipinski definition) is 4. The van der Waals surface area contributed by atoms with Crippen LogP contribution in [0.5, 0.6) is 0 Å². The Bertz CT molecular complexity index is 605. The number of aryl methyl sites for hydroxylation is 1. The van der Waals surface area contributed by atoms with Crippen molar-refractivity contribution in [3.8, 4) is 0 Å². The second-order valence-electron chi connectivity index (χ2n) is 3.72. The molecule has 0 atom stereocenters. The first kappa shape index (κ1) is 12.6. The van der Waals surface area contributed by atoms with Crippen molar-refractivity contribution in [1.82, 2.24) is 9.78 Å². The van der Waals surface area contributed by atoms with Gasteiger partial charge in [-0.25, -0.2) is 4.79 Å². The minimum absolute atomic E-state index is 0.0300. The van der Waals surface area contributed by atoms with Gasteiger partial charge in [0.1, 0.15) is 5.82 Å². The van der Waals surface area contributed by atoms with Crippen LogP contribution in [-0.2, 0) is 7.05 Å². The Morgan fingerprint density at radius 3 is 2.47 bits per heavy atom. The number of anilines is 2. The second kappa shape index (κ2) is 5.17. The molecule has 2 N–H and O–H groups in total. The fourth-order valence-corrected chi connectivity index (χ4v) is 1.44. The largest absolute Gasteiger partial charge is 0.324 e. The lowest BCUT2D eigenvalue weighted by Crippen LogP contribution is -2.20. The summed E-state index contributed by atoms with van der Waals surface area (Å²) in [7, 11) is 1.70. The van der Waals surface area contributed by atoms with Gasteiger partial charge >= 0.3 is 6.03 Å². The third-order valence-corrected chi connectivity index (χ3v) is 2.40. The van der Waals surface area contributed by atoms with E-state index >= 15 is 0 Å². The van der Waals surface area contributed by atoms with E-state index in [0.717, 1.165) is 0 Å². The molecule has 98 valence electrons. The first-order valence-electron chi connectivity index (χ1n) is 5.37. The topological polar surface area (TPSA) is 102 Å². The number of nitrogens with zero attached hydrogens (tertiary/aromatic N) is 3. The summed E-state index contributed by atoms with van der Waals surface area (Å²) < 4.78 is 1.51. The fourth-order valence-electron chi connectivity index (χ4n) is 1.44. The van der Waals surface area contributed by atoms with Gasteiger partial charge in [-0.2, -0.15) is 5.10 Å². The summed E-state index contributed by atoms with van der Waals surface area (Å²) in [4.78, 5) is 21.6. The number of aromatic nitrogens is 2. The number of non-ortho nitro benzene ring substituents is 1. The van der Waals surface area contributed by atoms with Crippen LogP contribution in [0.15, 0.2) is 36.5 Å². The predicted octanol–water partition coefficient (Wildman–Crippen LogP) is 1.97. The molecule has 1 aromatic carbocycles. The highest BCUT2D eigenvalue weighted by Crippen LogP contribution is 2.15. The van der Waals surface area contributed by atoms with Gasteiger partial charge in [0.25, 0.3) is 5.69 Å². The molecule has 8 nitrogen and oxygen atoms in total. The Hall–Kier alpha value is -2.90. The molecule has 0 aliphatic rings. The Morgan fingerprint density at radius 2 is 1.95 bits per heavy atom. The highest BCUT2D eigenvalue weighted by atomic mass is 16.6. The van der Waals surface area contributed by atoms with Crippen molar-refractivity contribution >= 4 is 23.2 Å². The SMILES string of the molecule is Cn1nccc1NC(=O)Nc1ccc([N+](=O)[O-])cc1. The van der Waals surface area contributed by atoms with Gasteiger partial charge in [0.15, 0.2) is 0 Å². The highest BCUT2D eigenvalue weighted by Gasteiger charge is 2.07. The fraction of sp³-hybridized carbons (Fsp3) is 0.0909. The van der Waals surface area contributed by atoms with E-state index < -0.39 is 11.0 Å². The highest BCUT2D eigenvalue weighted by molar-refractivity contribution is 5.99. The summed E-state index contributed by atoms with van der Waals surface area (Å²) >= 11 is 0. The van der Waals surface area contributed by atoms with E-state index in [1.807, 2.05) is 0 Å². The van der Waals surface area contributed by atoms with Crippen molar-refractivity contribution in [2.24, 2.45) is 7.05 Å². The normalized spacial score (nSPS) is 9.95. The lowest BCUT2D eigenvalue weighted by Gasteiger charge is -2.07. The molecule has 8 heteroatoms. The molecule has 1 aromatic heterocycles. The Morgan fingerprint density at radius 1 is 1.26 bits per heavy atom. The number of nitro groups is 1. The minimum atomic E-state index is -0.501. The number of carbonyl (C=O) groups is 1. The molecule has 0 aliphatic heterocycles. The number of amides is 2. The van der Waals surface area contributed by atoms with Crippen molar-refractivity contribution in [3.63, 3.8) is 0 Å². The summed E-state index contributed by atoms with van der Waals surface area (Å²) in [6.07, 6.45) is 1.56. The smallest absolute Gasteiger partial charge is 0.308 e. The summed E-state index contributed by atoms with van der Waals surface area (Å²) in [5.41, 5.74) is 0.433. The van der Waals surface area contributed by atoms with Crippen LogP contribution < -0.4 is 10.6 Å². The molecule has 2 aromatic rings. The molecule has 0 saturated heterocycles. The third kappa shape index (κ3) is 3.06. The van der Waals surface area contributed by atoms with Crippen LogP contribution in [0.3, 0.4) is 0 Å². The average Bonchev–Trinajstić information content (AvgIpc) is 2.75. The van der Waals surface area contributed by atoms with Gasteiger partial charge in [-0.15, -0.1) is 0 Å². The van der Waals surface area contributed by atoms with Crippen molar-refractivity contribution in [2.45, 2.75) is 0 Å². The Labute approximate surface area is 108 Å². The second-order valence-corrected chi connectivity index (χ2v) is 3.72. The van der Waals surface area contributed by atoms with Crippen molar-refractivity contribution in [3.05, 3.63) is 46.6 Å². The zero-order chi connectivity index (χ0) is 13.8. The van der Waals surface area contributed by atoms with Gasteiger partial charge in [0.05, 0.1) is 11.1 Å². The molecule has 0 spiro atoms. The van der Waals surface area contributed by atoms with Crippen molar-refractivity contribution in [1.29, 1.82) is 0 Å². The molecule has 0 unspecified atom stereocenters. The third-order valence-electron chi connectivity index (χ3n) is 2.40. The van der Waals surface area contributed by atoms with Gasteiger partial charge in [-0.05, 0) is 12.1 Å². The molecule has 19 heavy (non-hydrogen) atoms. The predicted molar refractivity (Wildman–Crippen MR) is 68.9 cm³/mol. The van der Waals surface area contributed by atoms with Gasteiger partial charge in [0, 0.05) is 30.9 Å². The molecule has 0 radical (unpaired) electrons. The molecular formula is C11H11N5O3. The van der Waals surface area contributed by atoms with Crippen LogP contribution in [-0.4, -0.2) is 20.7 Å². The number of benzene rings is 1. The monoisotopic (exact) mass is 261 g/mol. The van der Waals surface area contributed by atoms with Crippen LogP contribution in [0.2, 0.25) is 0 Å².